The molecule has 1 aromatic carbocycles. The van der Waals surface area contributed by atoms with E-state index in [1.165, 1.54) is 12.1 Å². The van der Waals surface area contributed by atoms with Crippen LogP contribution in [0.5, 0.6) is 0 Å². The van der Waals surface area contributed by atoms with Crippen LogP contribution in [-0.2, 0) is 10.0 Å². The fourth-order valence-electron chi connectivity index (χ4n) is 1.91. The van der Waals surface area contributed by atoms with Gasteiger partial charge >= 0.3 is 5.97 Å². The van der Waals surface area contributed by atoms with Gasteiger partial charge < -0.3 is 10.4 Å². The first-order chi connectivity index (χ1) is 9.31. The van der Waals surface area contributed by atoms with Crippen molar-refractivity contribution in [2.45, 2.75) is 37.6 Å². The molecular formula is C13H20N2O4S. The van der Waals surface area contributed by atoms with Gasteiger partial charge in [-0.3, -0.25) is 0 Å². The zero-order valence-electron chi connectivity index (χ0n) is 11.8. The van der Waals surface area contributed by atoms with Gasteiger partial charge in [0.2, 0.25) is 10.0 Å². The number of carboxylic acids is 1. The number of anilines is 1. The minimum absolute atomic E-state index is 0.0446. The van der Waals surface area contributed by atoms with Crippen molar-refractivity contribution < 1.29 is 18.3 Å². The quantitative estimate of drug-likeness (QED) is 0.714. The highest BCUT2D eigenvalue weighted by Crippen LogP contribution is 2.20. The fraction of sp³-hybridized carbons (Fsp3) is 0.462. The standard InChI is InChI=1S/C13H20N2O4S/c1-4-5-9(2)15-20(18,19)10-6-7-12(14-3)11(8-10)13(16)17/h6-9,14-15H,4-5H2,1-3H3,(H,16,17)/t9-/m0/s1. The number of hydrogen-bond acceptors (Lipinski definition) is 4. The summed E-state index contributed by atoms with van der Waals surface area (Å²) in [4.78, 5) is 11.1. The molecule has 7 heteroatoms. The topological polar surface area (TPSA) is 95.5 Å². The molecule has 0 saturated heterocycles. The van der Waals surface area contributed by atoms with Gasteiger partial charge in [0.25, 0.3) is 0 Å². The first-order valence-corrected chi connectivity index (χ1v) is 7.87. The van der Waals surface area contributed by atoms with E-state index in [2.05, 4.69) is 10.0 Å². The Morgan fingerprint density at radius 3 is 2.55 bits per heavy atom. The van der Waals surface area contributed by atoms with E-state index in [1.54, 1.807) is 14.0 Å². The second-order valence-corrected chi connectivity index (χ2v) is 6.29. The number of carboxylic acid groups (broad SMARTS) is 1. The molecule has 20 heavy (non-hydrogen) atoms. The molecule has 0 fully saturated rings. The largest absolute Gasteiger partial charge is 0.478 e. The molecule has 0 aliphatic carbocycles. The molecule has 0 bridgehead atoms. The van der Waals surface area contributed by atoms with Gasteiger partial charge in [0.15, 0.2) is 0 Å². The molecule has 1 aromatic rings. The van der Waals surface area contributed by atoms with Crippen molar-refractivity contribution in [3.05, 3.63) is 23.8 Å². The molecule has 1 atom stereocenters. The van der Waals surface area contributed by atoms with E-state index in [-0.39, 0.29) is 16.5 Å². The van der Waals surface area contributed by atoms with Gasteiger partial charge in [0.05, 0.1) is 10.5 Å². The lowest BCUT2D eigenvalue weighted by Crippen LogP contribution is -2.32. The van der Waals surface area contributed by atoms with E-state index in [9.17, 15) is 13.2 Å². The summed E-state index contributed by atoms with van der Waals surface area (Å²) >= 11 is 0. The van der Waals surface area contributed by atoms with Crippen LogP contribution in [0.3, 0.4) is 0 Å². The molecule has 0 saturated carbocycles. The predicted molar refractivity (Wildman–Crippen MR) is 77.6 cm³/mol. The highest BCUT2D eigenvalue weighted by Gasteiger charge is 2.20. The minimum Gasteiger partial charge on any atom is -0.478 e. The molecule has 0 radical (unpaired) electrons. The molecule has 1 rings (SSSR count). The average molecular weight is 300 g/mol. The Balaban J connectivity index is 3.13. The summed E-state index contributed by atoms with van der Waals surface area (Å²) in [7, 11) is -2.12. The smallest absolute Gasteiger partial charge is 0.337 e. The van der Waals surface area contributed by atoms with Crippen molar-refractivity contribution in [3.63, 3.8) is 0 Å². The Hall–Kier alpha value is -1.60. The van der Waals surface area contributed by atoms with Crippen LogP contribution in [0.15, 0.2) is 23.1 Å². The highest BCUT2D eigenvalue weighted by molar-refractivity contribution is 7.89. The maximum atomic E-state index is 12.2. The van der Waals surface area contributed by atoms with E-state index >= 15 is 0 Å². The number of aromatic carboxylic acids is 1. The van der Waals surface area contributed by atoms with Crippen molar-refractivity contribution in [2.24, 2.45) is 0 Å². The normalized spacial score (nSPS) is 12.9. The van der Waals surface area contributed by atoms with Gasteiger partial charge in [-0.2, -0.15) is 0 Å². The summed E-state index contributed by atoms with van der Waals surface area (Å²) in [6, 6.07) is 3.80. The van der Waals surface area contributed by atoms with E-state index in [1.807, 2.05) is 6.92 Å². The first kappa shape index (κ1) is 16.5. The van der Waals surface area contributed by atoms with Crippen molar-refractivity contribution >= 4 is 21.7 Å². The highest BCUT2D eigenvalue weighted by atomic mass is 32.2. The van der Waals surface area contributed by atoms with E-state index in [0.29, 0.717) is 5.69 Å². The molecule has 0 aliphatic heterocycles. The maximum absolute atomic E-state index is 12.2. The Morgan fingerprint density at radius 1 is 1.40 bits per heavy atom. The number of benzene rings is 1. The Morgan fingerprint density at radius 2 is 2.05 bits per heavy atom. The summed E-state index contributed by atoms with van der Waals surface area (Å²) in [5.41, 5.74) is 0.302. The van der Waals surface area contributed by atoms with Crippen LogP contribution >= 0.6 is 0 Å². The summed E-state index contributed by atoms with van der Waals surface area (Å²) < 4.78 is 26.9. The number of hydrogen-bond donors (Lipinski definition) is 3. The van der Waals surface area contributed by atoms with E-state index in [4.69, 9.17) is 5.11 Å². The third-order valence-electron chi connectivity index (χ3n) is 2.88. The molecule has 0 unspecified atom stereocenters. The van der Waals surface area contributed by atoms with Crippen molar-refractivity contribution in [3.8, 4) is 0 Å². The van der Waals surface area contributed by atoms with Crippen molar-refractivity contribution in [2.75, 3.05) is 12.4 Å². The van der Waals surface area contributed by atoms with Gasteiger partial charge in [0, 0.05) is 18.8 Å². The van der Waals surface area contributed by atoms with Crippen LogP contribution in [-0.4, -0.2) is 32.6 Å². The molecule has 3 N–H and O–H groups in total. The molecule has 112 valence electrons. The van der Waals surface area contributed by atoms with Crippen LogP contribution in [0.2, 0.25) is 0 Å². The van der Waals surface area contributed by atoms with Gasteiger partial charge in [-0.15, -0.1) is 0 Å². The molecule has 0 spiro atoms. The number of nitrogens with one attached hydrogen (secondary N) is 2. The Kier molecular flexibility index (Phi) is 5.52. The number of rotatable bonds is 7. The lowest BCUT2D eigenvalue weighted by atomic mass is 10.2. The van der Waals surface area contributed by atoms with Crippen LogP contribution in [0.4, 0.5) is 5.69 Å². The predicted octanol–water partition coefficient (Wildman–Crippen LogP) is 1.89. The lowest BCUT2D eigenvalue weighted by Gasteiger charge is -2.14. The zero-order chi connectivity index (χ0) is 15.3. The van der Waals surface area contributed by atoms with Gasteiger partial charge in [-0.1, -0.05) is 13.3 Å². The zero-order valence-corrected chi connectivity index (χ0v) is 12.6. The molecular weight excluding hydrogens is 280 g/mol. The second-order valence-electron chi connectivity index (χ2n) is 4.57. The Bertz CT molecular complexity index is 584. The molecule has 0 heterocycles. The van der Waals surface area contributed by atoms with Gasteiger partial charge in [-0.05, 0) is 31.5 Å². The second kappa shape index (κ2) is 6.71. The van der Waals surface area contributed by atoms with Crippen molar-refractivity contribution in [1.29, 1.82) is 0 Å². The Labute approximate surface area is 119 Å². The molecule has 6 nitrogen and oxygen atoms in total. The van der Waals surface area contributed by atoms with Gasteiger partial charge in [0.1, 0.15) is 0 Å². The monoisotopic (exact) mass is 300 g/mol. The molecule has 0 aliphatic rings. The summed E-state index contributed by atoms with van der Waals surface area (Å²) in [5.74, 6) is -1.17. The summed E-state index contributed by atoms with van der Waals surface area (Å²) in [5, 5.41) is 11.8. The molecule has 0 aromatic heterocycles. The summed E-state index contributed by atoms with van der Waals surface area (Å²) in [6.45, 7) is 3.75. The molecule has 0 amide bonds. The SMILES string of the molecule is CCC[C@H](C)NS(=O)(=O)c1ccc(NC)c(C(=O)O)c1. The first-order valence-electron chi connectivity index (χ1n) is 6.39. The van der Waals surface area contributed by atoms with Crippen LogP contribution < -0.4 is 10.0 Å². The average Bonchev–Trinajstić information content (AvgIpc) is 2.37. The van der Waals surface area contributed by atoms with Crippen LogP contribution in [0.25, 0.3) is 0 Å². The van der Waals surface area contributed by atoms with Crippen molar-refractivity contribution in [1.82, 2.24) is 4.72 Å². The summed E-state index contributed by atoms with van der Waals surface area (Å²) in [6.07, 6.45) is 1.59. The number of carbonyl (C=O) groups is 1. The minimum atomic E-state index is -3.70. The third kappa shape index (κ3) is 3.94. The van der Waals surface area contributed by atoms with Crippen LogP contribution in [0, 0.1) is 0 Å². The third-order valence-corrected chi connectivity index (χ3v) is 4.47. The number of sulfonamides is 1. The van der Waals surface area contributed by atoms with Gasteiger partial charge in [-0.25, -0.2) is 17.9 Å². The van der Waals surface area contributed by atoms with E-state index in [0.717, 1.165) is 18.9 Å². The van der Waals surface area contributed by atoms with Crippen LogP contribution in [0.1, 0.15) is 37.0 Å². The fourth-order valence-corrected chi connectivity index (χ4v) is 3.21. The lowest BCUT2D eigenvalue weighted by molar-refractivity contribution is 0.0697. The maximum Gasteiger partial charge on any atom is 0.337 e. The van der Waals surface area contributed by atoms with E-state index < -0.39 is 16.0 Å².